The van der Waals surface area contributed by atoms with E-state index in [-0.39, 0.29) is 4.90 Å². The zero-order chi connectivity index (χ0) is 23.5. The van der Waals surface area contributed by atoms with Gasteiger partial charge in [0.15, 0.2) is 0 Å². The first-order chi connectivity index (χ1) is 15.4. The monoisotopic (exact) mass is 468 g/mol. The van der Waals surface area contributed by atoms with E-state index in [2.05, 4.69) is 6.92 Å². The zero-order valence-electron chi connectivity index (χ0n) is 20.7. The third-order valence-electron chi connectivity index (χ3n) is 6.19. The minimum Gasteiger partial charge on any atom is -0.494 e. The van der Waals surface area contributed by atoms with Crippen molar-refractivity contribution < 1.29 is 17.7 Å². The Morgan fingerprint density at radius 2 is 1.09 bits per heavy atom. The van der Waals surface area contributed by atoms with E-state index in [0.29, 0.717) is 17.9 Å². The van der Waals surface area contributed by atoms with E-state index in [0.717, 1.165) is 6.42 Å². The fraction of sp³-hybridized carbons (Fsp3) is 0.778. The van der Waals surface area contributed by atoms with E-state index < -0.39 is 10.1 Å². The molecule has 0 spiro atoms. The predicted molar refractivity (Wildman–Crippen MR) is 135 cm³/mol. The molecule has 0 saturated heterocycles. The van der Waals surface area contributed by atoms with Crippen molar-refractivity contribution in [1.82, 2.24) is 0 Å². The number of unbranched alkanes of at least 4 members (excludes halogenated alkanes) is 17. The number of aryl methyl sites for hydroxylation is 1. The first-order valence-electron chi connectivity index (χ1n) is 13.2. The van der Waals surface area contributed by atoms with Crippen LogP contribution in [0.15, 0.2) is 23.1 Å². The Kier molecular flexibility index (Phi) is 16.6. The highest BCUT2D eigenvalue weighted by Crippen LogP contribution is 2.21. The molecule has 0 aliphatic carbocycles. The molecule has 5 heteroatoms. The molecule has 0 radical (unpaired) electrons. The van der Waals surface area contributed by atoms with Crippen molar-refractivity contribution in [2.24, 2.45) is 0 Å². The summed E-state index contributed by atoms with van der Waals surface area (Å²) in [5.41, 5.74) is 0.503. The summed E-state index contributed by atoms with van der Waals surface area (Å²) < 4.78 is 37.3. The standard InChI is InChI=1S/C27H48O4S/c1-3-4-5-6-7-8-9-10-11-12-13-14-15-16-17-18-19-20-23-31-26-21-22-27(25(2)24-26)32(28,29)30/h21-22,24H,3-20,23H2,1-2H3,(H,28,29,30). The molecular weight excluding hydrogens is 420 g/mol. The topological polar surface area (TPSA) is 63.6 Å². The molecule has 1 rings (SSSR count). The van der Waals surface area contributed by atoms with E-state index in [1.807, 2.05) is 0 Å². The van der Waals surface area contributed by atoms with Crippen molar-refractivity contribution in [3.05, 3.63) is 23.8 Å². The van der Waals surface area contributed by atoms with Crippen LogP contribution in [0.25, 0.3) is 0 Å². The van der Waals surface area contributed by atoms with Crippen LogP contribution in [0.5, 0.6) is 5.75 Å². The molecule has 0 heterocycles. The Morgan fingerprint density at radius 3 is 1.47 bits per heavy atom. The molecule has 1 N–H and O–H groups in total. The summed E-state index contributed by atoms with van der Waals surface area (Å²) in [4.78, 5) is -0.0574. The SMILES string of the molecule is CCCCCCCCCCCCCCCCCCCCOc1ccc(S(=O)(=O)O)c(C)c1. The van der Waals surface area contributed by atoms with Crippen molar-refractivity contribution in [1.29, 1.82) is 0 Å². The van der Waals surface area contributed by atoms with Gasteiger partial charge in [-0.2, -0.15) is 8.42 Å². The quantitative estimate of drug-likeness (QED) is 0.145. The van der Waals surface area contributed by atoms with Gasteiger partial charge in [0.2, 0.25) is 0 Å². The van der Waals surface area contributed by atoms with E-state index in [4.69, 9.17) is 9.29 Å². The van der Waals surface area contributed by atoms with Gasteiger partial charge < -0.3 is 4.74 Å². The van der Waals surface area contributed by atoms with Gasteiger partial charge in [-0.3, -0.25) is 4.55 Å². The van der Waals surface area contributed by atoms with Crippen LogP contribution in [0.1, 0.15) is 128 Å². The first-order valence-corrected chi connectivity index (χ1v) is 14.6. The Morgan fingerprint density at radius 1 is 0.688 bits per heavy atom. The van der Waals surface area contributed by atoms with Gasteiger partial charge in [-0.05, 0) is 37.1 Å². The smallest absolute Gasteiger partial charge is 0.294 e. The molecule has 0 atom stereocenters. The molecule has 0 aromatic heterocycles. The molecule has 1 aromatic rings. The summed E-state index contributed by atoms with van der Waals surface area (Å²) >= 11 is 0. The van der Waals surface area contributed by atoms with Crippen LogP contribution in [0.4, 0.5) is 0 Å². The Balaban J connectivity index is 1.85. The Bertz CT molecular complexity index is 685. The molecular formula is C27H48O4S. The van der Waals surface area contributed by atoms with Gasteiger partial charge in [-0.25, -0.2) is 0 Å². The van der Waals surface area contributed by atoms with Crippen LogP contribution in [-0.2, 0) is 10.1 Å². The highest BCUT2D eigenvalue weighted by molar-refractivity contribution is 7.85. The number of hydrogen-bond acceptors (Lipinski definition) is 3. The third-order valence-corrected chi connectivity index (χ3v) is 7.20. The first kappa shape index (κ1) is 29.0. The van der Waals surface area contributed by atoms with Gasteiger partial charge in [0.05, 0.1) is 11.5 Å². The van der Waals surface area contributed by atoms with E-state index in [1.54, 1.807) is 19.1 Å². The normalized spacial score (nSPS) is 11.7. The fourth-order valence-corrected chi connectivity index (χ4v) is 4.90. The average molecular weight is 469 g/mol. The third kappa shape index (κ3) is 14.9. The number of benzene rings is 1. The van der Waals surface area contributed by atoms with Gasteiger partial charge in [-0.1, -0.05) is 116 Å². The molecule has 0 fully saturated rings. The summed E-state index contributed by atoms with van der Waals surface area (Å²) in [6.45, 7) is 4.58. The maximum Gasteiger partial charge on any atom is 0.294 e. The molecule has 0 unspecified atom stereocenters. The molecule has 0 amide bonds. The van der Waals surface area contributed by atoms with E-state index >= 15 is 0 Å². The van der Waals surface area contributed by atoms with E-state index in [1.165, 1.54) is 115 Å². The zero-order valence-corrected chi connectivity index (χ0v) is 21.6. The largest absolute Gasteiger partial charge is 0.494 e. The molecule has 32 heavy (non-hydrogen) atoms. The van der Waals surface area contributed by atoms with Crippen molar-refractivity contribution >= 4 is 10.1 Å². The lowest BCUT2D eigenvalue weighted by Crippen LogP contribution is -2.02. The summed E-state index contributed by atoms with van der Waals surface area (Å²) in [6.07, 6.45) is 24.4. The predicted octanol–water partition coefficient (Wildman–Crippen LogP) is 8.66. The molecule has 1 aromatic carbocycles. The van der Waals surface area contributed by atoms with Crippen LogP contribution in [0, 0.1) is 6.92 Å². The lowest BCUT2D eigenvalue weighted by atomic mass is 10.0. The van der Waals surface area contributed by atoms with Crippen LogP contribution in [-0.4, -0.2) is 19.6 Å². The molecule has 0 saturated carbocycles. The van der Waals surface area contributed by atoms with Crippen molar-refractivity contribution in [2.75, 3.05) is 6.61 Å². The second-order valence-corrected chi connectivity index (χ2v) is 10.7. The molecule has 0 aliphatic rings. The van der Waals surface area contributed by atoms with Crippen molar-refractivity contribution in [2.45, 2.75) is 134 Å². The van der Waals surface area contributed by atoms with Crippen LogP contribution < -0.4 is 4.74 Å². The number of ether oxygens (including phenoxy) is 1. The maximum absolute atomic E-state index is 11.2. The summed E-state index contributed by atoms with van der Waals surface area (Å²) in [7, 11) is -4.16. The van der Waals surface area contributed by atoms with Crippen molar-refractivity contribution in [3.63, 3.8) is 0 Å². The van der Waals surface area contributed by atoms with Crippen LogP contribution in [0.2, 0.25) is 0 Å². The van der Waals surface area contributed by atoms with Gasteiger partial charge in [-0.15, -0.1) is 0 Å². The van der Waals surface area contributed by atoms with Gasteiger partial charge in [0.25, 0.3) is 10.1 Å². The molecule has 0 aliphatic heterocycles. The van der Waals surface area contributed by atoms with Gasteiger partial charge in [0, 0.05) is 0 Å². The summed E-state index contributed by atoms with van der Waals surface area (Å²) in [5, 5.41) is 0. The van der Waals surface area contributed by atoms with E-state index in [9.17, 15) is 8.42 Å². The summed E-state index contributed by atoms with van der Waals surface area (Å²) in [6, 6.07) is 4.66. The second-order valence-electron chi connectivity index (χ2n) is 9.26. The molecule has 0 bridgehead atoms. The Labute approximate surface area is 198 Å². The molecule has 186 valence electrons. The van der Waals surface area contributed by atoms with Crippen LogP contribution in [0.3, 0.4) is 0 Å². The summed E-state index contributed by atoms with van der Waals surface area (Å²) in [5.74, 6) is 0.655. The lowest BCUT2D eigenvalue weighted by Gasteiger charge is -2.09. The minimum absolute atomic E-state index is 0.0574. The minimum atomic E-state index is -4.16. The maximum atomic E-state index is 11.2. The number of hydrogen-bond donors (Lipinski definition) is 1. The van der Waals surface area contributed by atoms with Crippen molar-refractivity contribution in [3.8, 4) is 5.75 Å². The Hall–Kier alpha value is -1.07. The van der Waals surface area contributed by atoms with Gasteiger partial charge in [0.1, 0.15) is 5.75 Å². The number of rotatable bonds is 21. The highest BCUT2D eigenvalue weighted by atomic mass is 32.2. The molecule has 4 nitrogen and oxygen atoms in total. The van der Waals surface area contributed by atoms with Gasteiger partial charge >= 0.3 is 0 Å². The fourth-order valence-electron chi connectivity index (χ4n) is 4.19. The highest BCUT2D eigenvalue weighted by Gasteiger charge is 2.13. The lowest BCUT2D eigenvalue weighted by molar-refractivity contribution is 0.304. The van der Waals surface area contributed by atoms with Crippen LogP contribution >= 0.6 is 0 Å². The second kappa shape index (κ2) is 18.4. The average Bonchev–Trinajstić information content (AvgIpc) is 2.74.